The van der Waals surface area contributed by atoms with Crippen molar-refractivity contribution in [3.63, 3.8) is 0 Å². The van der Waals surface area contributed by atoms with E-state index in [1.54, 1.807) is 0 Å². The summed E-state index contributed by atoms with van der Waals surface area (Å²) in [7, 11) is 0. The monoisotopic (exact) mass is 203 g/mol. The summed E-state index contributed by atoms with van der Waals surface area (Å²) >= 11 is 0. The summed E-state index contributed by atoms with van der Waals surface area (Å²) in [6, 6.07) is 9.65. The molecule has 15 heavy (non-hydrogen) atoms. The quantitative estimate of drug-likeness (QED) is 0.738. The molecule has 1 aromatic rings. The summed E-state index contributed by atoms with van der Waals surface area (Å²) in [5, 5.41) is 8.68. The van der Waals surface area contributed by atoms with Gasteiger partial charge in [0, 0.05) is 5.92 Å². The van der Waals surface area contributed by atoms with Crippen LogP contribution in [0.2, 0.25) is 0 Å². The predicted molar refractivity (Wildman–Crippen MR) is 55.3 cm³/mol. The Labute approximate surface area is 89.2 Å². The molecule has 0 spiro atoms. The van der Waals surface area contributed by atoms with Crippen LogP contribution in [0, 0.1) is 11.3 Å². The van der Waals surface area contributed by atoms with Crippen LogP contribution in [0.4, 0.5) is 0 Å². The van der Waals surface area contributed by atoms with Crippen LogP contribution in [0.3, 0.4) is 0 Å². The molecule has 78 valence electrons. The third kappa shape index (κ3) is 2.17. The van der Waals surface area contributed by atoms with Gasteiger partial charge in [0.05, 0.1) is 24.8 Å². The maximum Gasteiger partial charge on any atom is 0.164 e. The summed E-state index contributed by atoms with van der Waals surface area (Å²) in [6.07, 6.45) is -0.141. The molecule has 1 atom stereocenters. The van der Waals surface area contributed by atoms with E-state index in [1.807, 2.05) is 24.3 Å². The third-order valence-corrected chi connectivity index (χ3v) is 2.62. The molecule has 0 aromatic heterocycles. The van der Waals surface area contributed by atoms with E-state index in [1.165, 1.54) is 0 Å². The van der Waals surface area contributed by atoms with Gasteiger partial charge >= 0.3 is 0 Å². The third-order valence-electron chi connectivity index (χ3n) is 2.62. The SMILES string of the molecule is CC(c1ccc(C#N)cc1)C1OCCO1. The summed E-state index contributed by atoms with van der Waals surface area (Å²) in [5.74, 6) is 0.209. The van der Waals surface area contributed by atoms with Crippen molar-refractivity contribution in [2.45, 2.75) is 19.1 Å². The molecule has 2 rings (SSSR count). The van der Waals surface area contributed by atoms with E-state index in [4.69, 9.17) is 14.7 Å². The molecule has 3 heteroatoms. The lowest BCUT2D eigenvalue weighted by Crippen LogP contribution is -2.16. The van der Waals surface area contributed by atoms with Gasteiger partial charge in [-0.1, -0.05) is 19.1 Å². The Morgan fingerprint density at radius 1 is 1.27 bits per heavy atom. The van der Waals surface area contributed by atoms with E-state index < -0.39 is 0 Å². The van der Waals surface area contributed by atoms with Crippen LogP contribution in [0.25, 0.3) is 0 Å². The molecule has 1 aliphatic rings. The minimum Gasteiger partial charge on any atom is -0.350 e. The maximum absolute atomic E-state index is 8.68. The second kappa shape index (κ2) is 4.43. The second-order valence-corrected chi connectivity index (χ2v) is 3.63. The molecular formula is C12H13NO2. The lowest BCUT2D eigenvalue weighted by Gasteiger charge is -2.17. The summed E-state index contributed by atoms with van der Waals surface area (Å²) in [4.78, 5) is 0. The fourth-order valence-electron chi connectivity index (χ4n) is 1.68. The average molecular weight is 203 g/mol. The number of benzene rings is 1. The molecule has 0 N–H and O–H groups in total. The fraction of sp³-hybridized carbons (Fsp3) is 0.417. The maximum atomic E-state index is 8.68. The highest BCUT2D eigenvalue weighted by atomic mass is 16.7. The Morgan fingerprint density at radius 2 is 1.87 bits per heavy atom. The van der Waals surface area contributed by atoms with Crippen molar-refractivity contribution in [2.75, 3.05) is 13.2 Å². The van der Waals surface area contributed by atoms with Gasteiger partial charge in [-0.25, -0.2) is 0 Å². The lowest BCUT2D eigenvalue weighted by molar-refractivity contribution is -0.0570. The van der Waals surface area contributed by atoms with Crippen molar-refractivity contribution >= 4 is 0 Å². The van der Waals surface area contributed by atoms with Crippen molar-refractivity contribution < 1.29 is 9.47 Å². The number of nitriles is 1. The van der Waals surface area contributed by atoms with Crippen LogP contribution in [0.1, 0.15) is 24.0 Å². The molecule has 0 saturated carbocycles. The average Bonchev–Trinajstić information content (AvgIpc) is 2.82. The smallest absolute Gasteiger partial charge is 0.164 e. The van der Waals surface area contributed by atoms with Gasteiger partial charge in [-0.3, -0.25) is 0 Å². The van der Waals surface area contributed by atoms with E-state index in [-0.39, 0.29) is 12.2 Å². The summed E-state index contributed by atoms with van der Waals surface area (Å²) < 4.78 is 10.9. The number of hydrogen-bond acceptors (Lipinski definition) is 3. The normalized spacial score (nSPS) is 18.7. The molecule has 0 radical (unpaired) electrons. The van der Waals surface area contributed by atoms with Gasteiger partial charge in [-0.15, -0.1) is 0 Å². The first-order chi connectivity index (χ1) is 7.31. The number of rotatable bonds is 2. The molecule has 1 heterocycles. The summed E-state index contributed by atoms with van der Waals surface area (Å²) in [6.45, 7) is 3.41. The van der Waals surface area contributed by atoms with E-state index >= 15 is 0 Å². The Morgan fingerprint density at radius 3 is 2.40 bits per heavy atom. The van der Waals surface area contributed by atoms with Crippen LogP contribution in [-0.2, 0) is 9.47 Å². The standard InChI is InChI=1S/C12H13NO2/c1-9(12-14-6-7-15-12)11-4-2-10(8-13)3-5-11/h2-5,9,12H,6-7H2,1H3. The topological polar surface area (TPSA) is 42.2 Å². The zero-order valence-electron chi connectivity index (χ0n) is 8.64. The Bertz CT molecular complexity index is 360. The van der Waals surface area contributed by atoms with Crippen molar-refractivity contribution in [3.05, 3.63) is 35.4 Å². The minimum absolute atomic E-state index is 0.141. The Kier molecular flexibility index (Phi) is 3.00. The zero-order valence-corrected chi connectivity index (χ0v) is 8.64. The van der Waals surface area contributed by atoms with Gasteiger partial charge in [0.25, 0.3) is 0 Å². The first-order valence-corrected chi connectivity index (χ1v) is 5.04. The highest BCUT2D eigenvalue weighted by molar-refractivity contribution is 5.33. The van der Waals surface area contributed by atoms with Gasteiger partial charge < -0.3 is 9.47 Å². The van der Waals surface area contributed by atoms with Crippen LogP contribution < -0.4 is 0 Å². The number of ether oxygens (including phenoxy) is 2. The van der Waals surface area contributed by atoms with Gasteiger partial charge in [0.2, 0.25) is 0 Å². The van der Waals surface area contributed by atoms with Crippen molar-refractivity contribution in [3.8, 4) is 6.07 Å². The van der Waals surface area contributed by atoms with Gasteiger partial charge in [-0.05, 0) is 17.7 Å². The van der Waals surface area contributed by atoms with E-state index in [2.05, 4.69) is 13.0 Å². The minimum atomic E-state index is -0.141. The van der Waals surface area contributed by atoms with E-state index in [0.717, 1.165) is 5.56 Å². The Hall–Kier alpha value is -1.37. The largest absolute Gasteiger partial charge is 0.350 e. The molecule has 1 aliphatic heterocycles. The number of nitrogens with zero attached hydrogens (tertiary/aromatic N) is 1. The van der Waals surface area contributed by atoms with E-state index in [0.29, 0.717) is 18.8 Å². The zero-order chi connectivity index (χ0) is 10.7. The molecule has 1 saturated heterocycles. The molecule has 1 unspecified atom stereocenters. The van der Waals surface area contributed by atoms with Gasteiger partial charge in [0.1, 0.15) is 0 Å². The van der Waals surface area contributed by atoms with Gasteiger partial charge in [0.15, 0.2) is 6.29 Å². The lowest BCUT2D eigenvalue weighted by atomic mass is 9.99. The number of hydrogen-bond donors (Lipinski definition) is 0. The molecule has 0 aliphatic carbocycles. The van der Waals surface area contributed by atoms with E-state index in [9.17, 15) is 0 Å². The molecule has 0 amide bonds. The van der Waals surface area contributed by atoms with Crippen LogP contribution in [0.5, 0.6) is 0 Å². The molecule has 0 bridgehead atoms. The highest BCUT2D eigenvalue weighted by Gasteiger charge is 2.24. The first-order valence-electron chi connectivity index (χ1n) is 5.04. The molecule has 3 nitrogen and oxygen atoms in total. The van der Waals surface area contributed by atoms with Crippen LogP contribution in [0.15, 0.2) is 24.3 Å². The Balaban J connectivity index is 2.11. The van der Waals surface area contributed by atoms with Gasteiger partial charge in [-0.2, -0.15) is 5.26 Å². The van der Waals surface area contributed by atoms with Crippen LogP contribution >= 0.6 is 0 Å². The van der Waals surface area contributed by atoms with Crippen LogP contribution in [-0.4, -0.2) is 19.5 Å². The fourth-order valence-corrected chi connectivity index (χ4v) is 1.68. The molecule has 1 aromatic carbocycles. The molecule has 1 fully saturated rings. The second-order valence-electron chi connectivity index (χ2n) is 3.63. The van der Waals surface area contributed by atoms with Crippen molar-refractivity contribution in [1.82, 2.24) is 0 Å². The van der Waals surface area contributed by atoms with Crippen molar-refractivity contribution in [2.24, 2.45) is 0 Å². The predicted octanol–water partition coefficient (Wildman–Crippen LogP) is 2.03. The molecular weight excluding hydrogens is 190 g/mol. The summed E-state index contributed by atoms with van der Waals surface area (Å²) in [5.41, 5.74) is 1.82. The highest BCUT2D eigenvalue weighted by Crippen LogP contribution is 2.24. The van der Waals surface area contributed by atoms with Crippen molar-refractivity contribution in [1.29, 1.82) is 5.26 Å². The first kappa shape index (κ1) is 10.2.